The number of hydrogen-bond donors (Lipinski definition) is 1. The highest BCUT2D eigenvalue weighted by atomic mass is 16.4. The molecule has 4 heteroatoms. The second kappa shape index (κ2) is 7.19. The number of aromatic nitrogens is 2. The number of aryl methyl sites for hydroxylation is 1. The summed E-state index contributed by atoms with van der Waals surface area (Å²) in [5.41, 5.74) is 0. The van der Waals surface area contributed by atoms with Gasteiger partial charge in [-0.3, -0.25) is 4.79 Å². The van der Waals surface area contributed by atoms with Crippen molar-refractivity contribution in [1.29, 1.82) is 0 Å². The third kappa shape index (κ3) is 4.17. The third-order valence-electron chi connectivity index (χ3n) is 3.35. The first kappa shape index (κ1) is 14.7. The molecule has 102 valence electrons. The molecule has 1 aromatic rings. The quantitative estimate of drug-likeness (QED) is 0.570. The number of carboxylic acids is 1. The van der Waals surface area contributed by atoms with Gasteiger partial charge in [0.1, 0.15) is 18.9 Å². The van der Waals surface area contributed by atoms with Crippen molar-refractivity contribution in [2.75, 3.05) is 0 Å². The minimum absolute atomic E-state index is 0.341. The topological polar surface area (TPSA) is 46.1 Å². The van der Waals surface area contributed by atoms with Crippen LogP contribution in [0, 0.1) is 5.92 Å². The van der Waals surface area contributed by atoms with Gasteiger partial charge in [-0.1, -0.05) is 26.2 Å². The molecule has 0 spiro atoms. The summed E-state index contributed by atoms with van der Waals surface area (Å²) >= 11 is 0. The molecule has 0 aromatic carbocycles. The fourth-order valence-corrected chi connectivity index (χ4v) is 2.12. The number of carbonyl (C=O) groups is 1. The zero-order valence-corrected chi connectivity index (χ0v) is 11.7. The summed E-state index contributed by atoms with van der Waals surface area (Å²) in [6, 6.07) is 0. The highest BCUT2D eigenvalue weighted by Crippen LogP contribution is 2.08. The van der Waals surface area contributed by atoms with E-state index >= 15 is 0 Å². The first-order valence-electron chi connectivity index (χ1n) is 6.82. The fraction of sp³-hybridized carbons (Fsp3) is 0.714. The molecule has 0 radical (unpaired) electrons. The summed E-state index contributed by atoms with van der Waals surface area (Å²) in [4.78, 5) is 10.9. The smallest absolute Gasteiger partial charge is 0.310 e. The molecule has 1 aromatic heterocycles. The number of aliphatic carboxylic acids is 1. The van der Waals surface area contributed by atoms with Gasteiger partial charge in [-0.25, -0.2) is 9.13 Å². The monoisotopic (exact) mass is 253 g/mol. The van der Waals surface area contributed by atoms with E-state index in [1.165, 1.54) is 31.5 Å². The van der Waals surface area contributed by atoms with E-state index in [0.717, 1.165) is 6.42 Å². The third-order valence-corrected chi connectivity index (χ3v) is 3.35. The van der Waals surface area contributed by atoms with E-state index in [2.05, 4.69) is 16.1 Å². The molecule has 0 saturated heterocycles. The number of imidazole rings is 1. The normalized spacial score (nSPS) is 12.6. The van der Waals surface area contributed by atoms with Crippen molar-refractivity contribution in [3.05, 3.63) is 18.2 Å². The van der Waals surface area contributed by atoms with Crippen LogP contribution in [0.4, 0.5) is 0 Å². The Morgan fingerprint density at radius 1 is 1.44 bits per heavy atom. The maximum absolute atomic E-state index is 10.9. The molecular formula is C14H25N2O2+. The zero-order chi connectivity index (χ0) is 13.5. The van der Waals surface area contributed by atoms with Crippen molar-refractivity contribution in [3.8, 4) is 0 Å². The maximum Gasteiger partial charge on any atom is 0.310 e. The summed E-state index contributed by atoms with van der Waals surface area (Å²) in [7, 11) is 2.02. The first-order chi connectivity index (χ1) is 8.56. The molecule has 0 bridgehead atoms. The Morgan fingerprint density at radius 2 is 2.17 bits per heavy atom. The average molecular weight is 253 g/mol. The summed E-state index contributed by atoms with van der Waals surface area (Å²) in [6.07, 6.45) is 9.94. The van der Waals surface area contributed by atoms with Gasteiger partial charge in [0.2, 0.25) is 0 Å². The average Bonchev–Trinajstić information content (AvgIpc) is 2.66. The van der Waals surface area contributed by atoms with Gasteiger partial charge >= 0.3 is 5.97 Å². The Labute approximate surface area is 109 Å². The van der Waals surface area contributed by atoms with Crippen LogP contribution in [0.1, 0.15) is 45.4 Å². The van der Waals surface area contributed by atoms with E-state index in [4.69, 9.17) is 5.11 Å². The van der Waals surface area contributed by atoms with Gasteiger partial charge in [-0.2, -0.15) is 0 Å². The zero-order valence-electron chi connectivity index (χ0n) is 11.7. The first-order valence-corrected chi connectivity index (χ1v) is 6.82. The minimum Gasteiger partial charge on any atom is -0.481 e. The summed E-state index contributed by atoms with van der Waals surface area (Å²) in [5.74, 6) is 0.147. The molecule has 0 saturated carbocycles. The molecule has 1 unspecified atom stereocenters. The van der Waals surface area contributed by atoms with Gasteiger partial charge in [0.25, 0.3) is 5.82 Å². The van der Waals surface area contributed by atoms with E-state index in [9.17, 15) is 4.79 Å². The molecule has 1 atom stereocenters. The largest absolute Gasteiger partial charge is 0.481 e. The van der Waals surface area contributed by atoms with Crippen LogP contribution in [0.2, 0.25) is 0 Å². The Hall–Kier alpha value is -1.32. The molecular weight excluding hydrogens is 228 g/mol. The molecule has 0 aliphatic carbocycles. The van der Waals surface area contributed by atoms with E-state index in [1.54, 1.807) is 6.92 Å². The summed E-state index contributed by atoms with van der Waals surface area (Å²) < 4.78 is 4.17. The van der Waals surface area contributed by atoms with Crippen LogP contribution < -0.4 is 4.57 Å². The van der Waals surface area contributed by atoms with Gasteiger partial charge in [0.15, 0.2) is 0 Å². The van der Waals surface area contributed by atoms with Crippen LogP contribution in [0.25, 0.3) is 0 Å². The van der Waals surface area contributed by atoms with E-state index in [0.29, 0.717) is 6.54 Å². The van der Waals surface area contributed by atoms with E-state index in [-0.39, 0.29) is 5.92 Å². The second-order valence-electron chi connectivity index (χ2n) is 5.03. The van der Waals surface area contributed by atoms with Crippen LogP contribution in [-0.2, 0) is 24.8 Å². The van der Waals surface area contributed by atoms with Crippen molar-refractivity contribution in [2.45, 2.75) is 52.5 Å². The molecule has 0 amide bonds. The van der Waals surface area contributed by atoms with Gasteiger partial charge in [0.05, 0.1) is 13.0 Å². The predicted octanol–water partition coefficient (Wildman–Crippen LogP) is 2.16. The summed E-state index contributed by atoms with van der Waals surface area (Å²) in [6.45, 7) is 4.51. The van der Waals surface area contributed by atoms with Crippen molar-refractivity contribution >= 4 is 5.97 Å². The molecule has 0 aliphatic rings. The molecule has 0 aliphatic heterocycles. The Kier molecular flexibility index (Phi) is 5.89. The molecule has 1 N–H and O–H groups in total. The van der Waals surface area contributed by atoms with Gasteiger partial charge < -0.3 is 5.11 Å². The van der Waals surface area contributed by atoms with Crippen molar-refractivity contribution in [2.24, 2.45) is 13.0 Å². The maximum atomic E-state index is 10.9. The number of carboxylic acid groups (broad SMARTS) is 1. The van der Waals surface area contributed by atoms with Crippen LogP contribution in [0.15, 0.2) is 12.4 Å². The predicted molar refractivity (Wildman–Crippen MR) is 70.3 cm³/mol. The van der Waals surface area contributed by atoms with Crippen LogP contribution in [0.3, 0.4) is 0 Å². The number of nitrogens with zero attached hydrogens (tertiary/aromatic N) is 2. The minimum atomic E-state index is -0.733. The molecule has 1 rings (SSSR count). The Balaban J connectivity index is 2.60. The van der Waals surface area contributed by atoms with Crippen molar-refractivity contribution in [1.82, 2.24) is 4.57 Å². The molecule has 18 heavy (non-hydrogen) atoms. The van der Waals surface area contributed by atoms with E-state index < -0.39 is 5.97 Å². The standard InChI is InChI=1S/C14H24N2O2/c1-4-5-6-7-8-13-15(3)9-10-16(13)11-12(2)14(17)18/h9-10,12H,4-8,11H2,1-3H3/p+1. The lowest BCUT2D eigenvalue weighted by atomic mass is 10.1. The fourth-order valence-electron chi connectivity index (χ4n) is 2.12. The lowest BCUT2D eigenvalue weighted by molar-refractivity contribution is -0.678. The van der Waals surface area contributed by atoms with Crippen molar-refractivity contribution in [3.63, 3.8) is 0 Å². The van der Waals surface area contributed by atoms with Gasteiger partial charge in [-0.05, 0) is 13.3 Å². The summed E-state index contributed by atoms with van der Waals surface area (Å²) in [5, 5.41) is 8.97. The number of hydrogen-bond acceptors (Lipinski definition) is 1. The van der Waals surface area contributed by atoms with E-state index in [1.807, 2.05) is 19.4 Å². The van der Waals surface area contributed by atoms with Crippen LogP contribution in [-0.4, -0.2) is 15.6 Å². The molecule has 0 fully saturated rings. The lowest BCUT2D eigenvalue weighted by Gasteiger charge is -2.06. The van der Waals surface area contributed by atoms with Crippen LogP contribution in [0.5, 0.6) is 0 Å². The highest BCUT2D eigenvalue weighted by molar-refractivity contribution is 5.69. The highest BCUT2D eigenvalue weighted by Gasteiger charge is 2.19. The number of rotatable bonds is 8. The van der Waals surface area contributed by atoms with Crippen LogP contribution >= 0.6 is 0 Å². The lowest BCUT2D eigenvalue weighted by Crippen LogP contribution is -2.33. The molecule has 1 heterocycles. The van der Waals surface area contributed by atoms with Crippen molar-refractivity contribution < 1.29 is 14.5 Å². The van der Waals surface area contributed by atoms with Gasteiger partial charge in [0, 0.05) is 6.42 Å². The Bertz CT molecular complexity index is 385. The second-order valence-corrected chi connectivity index (χ2v) is 5.03. The number of unbranched alkanes of at least 4 members (excludes halogenated alkanes) is 3. The van der Waals surface area contributed by atoms with Gasteiger partial charge in [-0.15, -0.1) is 0 Å². The SMILES string of the molecule is CCCCCCc1n(CC(C)C(=O)O)cc[n+]1C. The molecule has 4 nitrogen and oxygen atoms in total. The Morgan fingerprint density at radius 3 is 2.78 bits per heavy atom.